The minimum absolute atomic E-state index is 0.606. The molecule has 0 N–H and O–H groups in total. The van der Waals surface area contributed by atoms with Crippen molar-refractivity contribution in [2.24, 2.45) is 0 Å². The Hall–Kier alpha value is -1.38. The lowest BCUT2D eigenvalue weighted by atomic mass is 10.2. The number of rotatable bonds is 6. The molecule has 0 saturated heterocycles. The van der Waals surface area contributed by atoms with Gasteiger partial charge in [0.05, 0.1) is 13.2 Å². The Morgan fingerprint density at radius 2 is 1.04 bits per heavy atom. The van der Waals surface area contributed by atoms with E-state index in [2.05, 4.69) is 0 Å². The Kier molecular flexibility index (Phi) is 13.1. The van der Waals surface area contributed by atoms with Gasteiger partial charge < -0.3 is 9.47 Å². The van der Waals surface area contributed by atoms with Crippen molar-refractivity contribution in [3.63, 3.8) is 0 Å². The van der Waals surface area contributed by atoms with Gasteiger partial charge in [-0.2, -0.15) is 0 Å². The lowest BCUT2D eigenvalue weighted by molar-refractivity contribution is 0.246. The van der Waals surface area contributed by atoms with Crippen molar-refractivity contribution in [3.8, 4) is 11.5 Å². The molecule has 0 aliphatic rings. The molecule has 0 atom stereocenters. The summed E-state index contributed by atoms with van der Waals surface area (Å²) >= 11 is 11.8. The van der Waals surface area contributed by atoms with Crippen LogP contribution in [0.25, 0.3) is 0 Å². The molecule has 0 aliphatic carbocycles. The molecule has 25 heavy (non-hydrogen) atoms. The largest absolute Gasteiger partial charge is 0.493 e. The van der Waals surface area contributed by atoms with Gasteiger partial charge >= 0.3 is 0 Å². The van der Waals surface area contributed by atoms with Gasteiger partial charge in [0.15, 0.2) is 0 Å². The minimum Gasteiger partial charge on any atom is -0.493 e. The predicted molar refractivity (Wildman–Crippen MR) is 111 cm³/mol. The molecule has 0 heterocycles. The Morgan fingerprint density at radius 1 is 0.680 bits per heavy atom. The molecule has 0 spiro atoms. The quantitative estimate of drug-likeness (QED) is 0.479. The van der Waals surface area contributed by atoms with E-state index in [0.717, 1.165) is 39.1 Å². The first-order valence-electron chi connectivity index (χ1n) is 8.84. The van der Waals surface area contributed by atoms with E-state index in [-0.39, 0.29) is 0 Å². The summed E-state index contributed by atoms with van der Waals surface area (Å²) in [5.41, 5.74) is 2.08. The summed E-state index contributed by atoms with van der Waals surface area (Å²) in [6, 6.07) is 11.2. The second-order valence-electron chi connectivity index (χ2n) is 4.87. The number of ether oxygens (including phenoxy) is 2. The number of benzene rings is 2. The number of hydrogen-bond acceptors (Lipinski definition) is 2. The SMILES string of the molecule is CC.CC.Cc1cc(Cl)ccc1OCCCOc1ccc(Cl)cc1C. The topological polar surface area (TPSA) is 18.5 Å². The third-order valence-electron chi connectivity index (χ3n) is 3.08. The fourth-order valence-corrected chi connectivity index (χ4v) is 2.43. The second-order valence-corrected chi connectivity index (χ2v) is 5.74. The van der Waals surface area contributed by atoms with E-state index in [1.165, 1.54) is 0 Å². The first-order valence-corrected chi connectivity index (χ1v) is 9.60. The van der Waals surface area contributed by atoms with E-state index in [1.54, 1.807) is 0 Å². The summed E-state index contributed by atoms with van der Waals surface area (Å²) in [5.74, 6) is 1.73. The number of aryl methyl sites for hydroxylation is 2. The van der Waals surface area contributed by atoms with Crippen LogP contribution >= 0.6 is 23.2 Å². The van der Waals surface area contributed by atoms with Gasteiger partial charge in [-0.1, -0.05) is 50.9 Å². The average Bonchev–Trinajstić information content (AvgIpc) is 2.61. The van der Waals surface area contributed by atoms with Crippen LogP contribution in [0, 0.1) is 13.8 Å². The highest BCUT2D eigenvalue weighted by Gasteiger charge is 2.02. The lowest BCUT2D eigenvalue weighted by Crippen LogP contribution is -2.06. The van der Waals surface area contributed by atoms with Gasteiger partial charge in [-0.3, -0.25) is 0 Å². The normalized spacial score (nSPS) is 9.28. The van der Waals surface area contributed by atoms with Crippen LogP contribution in [0.2, 0.25) is 10.0 Å². The zero-order valence-corrected chi connectivity index (χ0v) is 17.7. The molecule has 2 nitrogen and oxygen atoms in total. The van der Waals surface area contributed by atoms with Crippen LogP contribution in [0.4, 0.5) is 0 Å². The monoisotopic (exact) mass is 384 g/mol. The van der Waals surface area contributed by atoms with Crippen molar-refractivity contribution in [3.05, 3.63) is 57.6 Å². The van der Waals surface area contributed by atoms with E-state index >= 15 is 0 Å². The summed E-state index contributed by atoms with van der Waals surface area (Å²) in [6.07, 6.45) is 0.810. The molecule has 0 bridgehead atoms. The average molecular weight is 385 g/mol. The maximum Gasteiger partial charge on any atom is 0.122 e. The van der Waals surface area contributed by atoms with Crippen LogP contribution in [-0.2, 0) is 0 Å². The fraction of sp³-hybridized carbons (Fsp3) is 0.429. The standard InChI is InChI=1S/C17H18Cl2O2.2C2H6/c1-12-10-14(18)4-6-16(12)20-8-3-9-21-17-7-5-15(19)11-13(17)2;2*1-2/h4-7,10-11H,3,8-9H2,1-2H3;2*1-2H3. The Bertz CT molecular complexity index is 559. The van der Waals surface area contributed by atoms with Gasteiger partial charge in [0.1, 0.15) is 11.5 Å². The smallest absolute Gasteiger partial charge is 0.122 e. The predicted octanol–water partition coefficient (Wildman–Crippen LogP) is 7.51. The van der Waals surface area contributed by atoms with E-state index in [1.807, 2.05) is 77.9 Å². The number of hydrogen-bond donors (Lipinski definition) is 0. The molecule has 2 rings (SSSR count). The van der Waals surface area contributed by atoms with Crippen LogP contribution in [0.15, 0.2) is 36.4 Å². The first-order chi connectivity index (χ1) is 12.1. The highest BCUT2D eigenvalue weighted by molar-refractivity contribution is 6.30. The molecule has 2 aromatic rings. The Balaban J connectivity index is 0.00000134. The van der Waals surface area contributed by atoms with Gasteiger partial charge in [0, 0.05) is 16.5 Å². The van der Waals surface area contributed by atoms with Gasteiger partial charge in [-0.05, 0) is 61.4 Å². The van der Waals surface area contributed by atoms with Gasteiger partial charge in [0.2, 0.25) is 0 Å². The third kappa shape index (κ3) is 9.04. The van der Waals surface area contributed by atoms with E-state index in [9.17, 15) is 0 Å². The summed E-state index contributed by atoms with van der Waals surface area (Å²) in [5, 5.41) is 1.45. The fourth-order valence-electron chi connectivity index (χ4n) is 1.97. The molecule has 4 heteroatoms. The summed E-state index contributed by atoms with van der Waals surface area (Å²) in [4.78, 5) is 0. The number of halogens is 2. The molecule has 0 amide bonds. The van der Waals surface area contributed by atoms with Crippen molar-refractivity contribution in [1.29, 1.82) is 0 Å². The molecule has 0 saturated carbocycles. The van der Waals surface area contributed by atoms with Gasteiger partial charge in [0.25, 0.3) is 0 Å². The van der Waals surface area contributed by atoms with E-state index in [0.29, 0.717) is 13.2 Å². The lowest BCUT2D eigenvalue weighted by Gasteiger charge is -2.11. The third-order valence-corrected chi connectivity index (χ3v) is 3.55. The summed E-state index contributed by atoms with van der Waals surface area (Å²) < 4.78 is 11.4. The minimum atomic E-state index is 0.606. The van der Waals surface area contributed by atoms with E-state index < -0.39 is 0 Å². The second kappa shape index (κ2) is 13.9. The van der Waals surface area contributed by atoms with Crippen LogP contribution in [0.3, 0.4) is 0 Å². The molecule has 0 fully saturated rings. The molecule has 0 aromatic heterocycles. The maximum atomic E-state index is 5.91. The first kappa shape index (κ1) is 23.6. The Labute approximate surface area is 163 Å². The summed E-state index contributed by atoms with van der Waals surface area (Å²) in [6.45, 7) is 13.2. The zero-order chi connectivity index (χ0) is 19.2. The van der Waals surface area contributed by atoms with E-state index in [4.69, 9.17) is 32.7 Å². The highest BCUT2D eigenvalue weighted by atomic mass is 35.5. The van der Waals surface area contributed by atoms with Crippen LogP contribution < -0.4 is 9.47 Å². The molecule has 0 unspecified atom stereocenters. The molecule has 0 aliphatic heterocycles. The zero-order valence-electron chi connectivity index (χ0n) is 16.2. The Morgan fingerprint density at radius 3 is 1.36 bits per heavy atom. The van der Waals surface area contributed by atoms with Crippen molar-refractivity contribution in [2.75, 3.05) is 13.2 Å². The van der Waals surface area contributed by atoms with Crippen molar-refractivity contribution >= 4 is 23.2 Å². The van der Waals surface area contributed by atoms with Crippen molar-refractivity contribution in [1.82, 2.24) is 0 Å². The van der Waals surface area contributed by atoms with Gasteiger partial charge in [-0.15, -0.1) is 0 Å². The van der Waals surface area contributed by atoms with Gasteiger partial charge in [-0.25, -0.2) is 0 Å². The molecule has 140 valence electrons. The molecule has 2 aromatic carbocycles. The summed E-state index contributed by atoms with van der Waals surface area (Å²) in [7, 11) is 0. The van der Waals surface area contributed by atoms with Crippen LogP contribution in [-0.4, -0.2) is 13.2 Å². The van der Waals surface area contributed by atoms with Crippen molar-refractivity contribution in [2.45, 2.75) is 48.0 Å². The highest BCUT2D eigenvalue weighted by Crippen LogP contribution is 2.23. The molecular weight excluding hydrogens is 355 g/mol. The molecule has 0 radical (unpaired) electrons. The molecular formula is C21H30Cl2O2. The maximum absolute atomic E-state index is 5.91. The van der Waals surface area contributed by atoms with Crippen LogP contribution in [0.1, 0.15) is 45.2 Å². The van der Waals surface area contributed by atoms with Crippen molar-refractivity contribution < 1.29 is 9.47 Å². The van der Waals surface area contributed by atoms with Crippen LogP contribution in [0.5, 0.6) is 11.5 Å².